The Bertz CT molecular complexity index is 872. The maximum atomic E-state index is 12.2. The van der Waals surface area contributed by atoms with Gasteiger partial charge in [0.15, 0.2) is 0 Å². The number of thioether (sulfide) groups is 1. The first-order chi connectivity index (χ1) is 12.9. The average molecular weight is 390 g/mol. The van der Waals surface area contributed by atoms with Crippen molar-refractivity contribution in [3.8, 4) is 0 Å². The fraction of sp³-hybridized carbons (Fsp3) is 0.278. The highest BCUT2D eigenvalue weighted by Crippen LogP contribution is 2.39. The third-order valence-corrected chi connectivity index (χ3v) is 4.46. The highest BCUT2D eigenvalue weighted by atomic mass is 32.2. The number of amides is 1. The van der Waals surface area contributed by atoms with E-state index in [4.69, 9.17) is 4.74 Å². The van der Waals surface area contributed by atoms with Gasteiger partial charge in [-0.1, -0.05) is 30.8 Å². The average Bonchev–Trinajstić information content (AvgIpc) is 2.90. The van der Waals surface area contributed by atoms with Crippen molar-refractivity contribution >= 4 is 40.4 Å². The minimum Gasteiger partial charge on any atom is -0.506 e. The zero-order valence-electron chi connectivity index (χ0n) is 14.8. The molecule has 0 aromatic heterocycles. The number of ether oxygens (including phenoxy) is 1. The Morgan fingerprint density at radius 3 is 2.74 bits per heavy atom. The van der Waals surface area contributed by atoms with Crippen molar-refractivity contribution in [1.29, 1.82) is 0 Å². The van der Waals surface area contributed by atoms with Gasteiger partial charge in [0.05, 0.1) is 16.4 Å². The second-order valence-electron chi connectivity index (χ2n) is 5.47. The Labute approximate surface area is 159 Å². The number of nitro benzene ring substituents is 1. The highest BCUT2D eigenvalue weighted by molar-refractivity contribution is 8.18. The zero-order valence-corrected chi connectivity index (χ0v) is 15.6. The van der Waals surface area contributed by atoms with Gasteiger partial charge in [-0.2, -0.15) is 0 Å². The number of nitro groups is 1. The summed E-state index contributed by atoms with van der Waals surface area (Å²) in [5, 5.41) is 21.4. The molecule has 0 fully saturated rings. The summed E-state index contributed by atoms with van der Waals surface area (Å²) in [5.74, 6) is -1.56. The van der Waals surface area contributed by atoms with Crippen LogP contribution in [0.1, 0.15) is 32.3 Å². The molecule has 0 radical (unpaired) electrons. The largest absolute Gasteiger partial charge is 0.506 e. The molecule has 9 heteroatoms. The number of esters is 1. The summed E-state index contributed by atoms with van der Waals surface area (Å²) in [6, 6.07) is 5.81. The van der Waals surface area contributed by atoms with Crippen molar-refractivity contribution in [3.05, 3.63) is 56.2 Å². The van der Waals surface area contributed by atoms with Crippen LogP contribution in [0.15, 0.2) is 45.5 Å². The molecule has 0 atom stereocenters. The smallest absolute Gasteiger partial charge is 0.344 e. The first-order valence-corrected chi connectivity index (χ1v) is 9.05. The van der Waals surface area contributed by atoms with E-state index in [1.165, 1.54) is 24.3 Å². The minimum atomic E-state index is -0.784. The van der Waals surface area contributed by atoms with Crippen LogP contribution in [0, 0.1) is 10.1 Å². The quantitative estimate of drug-likeness (QED) is 0.446. The molecule has 1 heterocycles. The summed E-state index contributed by atoms with van der Waals surface area (Å²) in [4.78, 5) is 38.6. The van der Waals surface area contributed by atoms with E-state index in [0.29, 0.717) is 12.0 Å². The Balaban J connectivity index is 2.46. The van der Waals surface area contributed by atoms with Crippen LogP contribution in [0.25, 0.3) is 6.08 Å². The fourth-order valence-electron chi connectivity index (χ4n) is 2.25. The predicted octanol–water partition coefficient (Wildman–Crippen LogP) is 3.78. The van der Waals surface area contributed by atoms with Gasteiger partial charge in [-0.3, -0.25) is 14.9 Å². The monoisotopic (exact) mass is 390 g/mol. The van der Waals surface area contributed by atoms with E-state index in [9.17, 15) is 24.8 Å². The first-order valence-electron chi connectivity index (χ1n) is 8.24. The van der Waals surface area contributed by atoms with Gasteiger partial charge in [-0.25, -0.2) is 9.79 Å². The summed E-state index contributed by atoms with van der Waals surface area (Å²) >= 11 is 0.940. The lowest BCUT2D eigenvalue weighted by Crippen LogP contribution is -2.14. The Morgan fingerprint density at radius 1 is 1.37 bits per heavy atom. The molecule has 1 N–H and O–H groups in total. The van der Waals surface area contributed by atoms with Gasteiger partial charge in [0.1, 0.15) is 16.4 Å². The van der Waals surface area contributed by atoms with Gasteiger partial charge in [0, 0.05) is 18.6 Å². The number of nitrogens with zero attached hydrogens (tertiary/aromatic N) is 2. The molecule has 0 saturated carbocycles. The number of carbonyl (C=O) groups excluding carboxylic acids is 2. The number of hydrogen-bond acceptors (Lipinski definition) is 7. The van der Waals surface area contributed by atoms with E-state index >= 15 is 0 Å². The van der Waals surface area contributed by atoms with Crippen molar-refractivity contribution in [2.45, 2.75) is 26.7 Å². The Morgan fingerprint density at radius 2 is 2.11 bits per heavy atom. The maximum absolute atomic E-state index is 12.2. The van der Waals surface area contributed by atoms with Gasteiger partial charge < -0.3 is 9.84 Å². The lowest BCUT2D eigenvalue weighted by atomic mass is 10.1. The minimum absolute atomic E-state index is 0.0566. The van der Waals surface area contributed by atoms with E-state index in [1.54, 1.807) is 13.0 Å². The summed E-state index contributed by atoms with van der Waals surface area (Å²) in [6.07, 6.45) is 2.30. The molecular formula is C18H18N2O6S. The fourth-order valence-corrected chi connectivity index (χ4v) is 3.29. The normalized spacial score (nSPS) is 16.8. The summed E-state index contributed by atoms with van der Waals surface area (Å²) in [7, 11) is 0. The summed E-state index contributed by atoms with van der Waals surface area (Å²) in [5.41, 5.74) is 0.180. The lowest BCUT2D eigenvalue weighted by Gasteiger charge is -2.03. The van der Waals surface area contributed by atoms with E-state index in [-0.39, 0.29) is 40.0 Å². The second-order valence-corrected chi connectivity index (χ2v) is 6.50. The molecule has 2 rings (SSSR count). The number of aliphatic hydroxyl groups is 1. The molecule has 1 aliphatic rings. The van der Waals surface area contributed by atoms with Gasteiger partial charge in [-0.15, -0.1) is 0 Å². The maximum Gasteiger partial charge on any atom is 0.344 e. The molecule has 8 nitrogen and oxygen atoms in total. The van der Waals surface area contributed by atoms with Crippen LogP contribution in [-0.2, 0) is 14.3 Å². The molecule has 1 aromatic rings. The standard InChI is InChI=1S/C18H18N2O6S/c1-3-6-14(21)19-17-15(18(23)26-4-2)16(22)13(27-17)10-11-7-5-8-12(9-11)20(24)25/h5,7-10,22H,3-4,6H2,1-2H3/b13-10-,19-17?. The van der Waals surface area contributed by atoms with E-state index < -0.39 is 16.8 Å². The first kappa shape index (κ1) is 20.4. The van der Waals surface area contributed by atoms with Gasteiger partial charge in [0.2, 0.25) is 5.91 Å². The van der Waals surface area contributed by atoms with Crippen LogP contribution >= 0.6 is 11.8 Å². The molecular weight excluding hydrogens is 372 g/mol. The summed E-state index contributed by atoms with van der Waals surface area (Å²) < 4.78 is 4.94. The van der Waals surface area contributed by atoms with Gasteiger partial charge in [0.25, 0.3) is 5.69 Å². The van der Waals surface area contributed by atoms with Crippen LogP contribution in [-0.4, -0.2) is 33.6 Å². The molecule has 1 aromatic carbocycles. The number of aliphatic imine (C=N–C) groups is 1. The molecule has 1 aliphatic heterocycles. The molecule has 0 saturated heterocycles. The molecule has 1 amide bonds. The SMILES string of the molecule is CCCC(=O)N=C1S/C(=C\c2cccc([N+](=O)[O-])c2)C(O)=C1C(=O)OCC. The predicted molar refractivity (Wildman–Crippen MR) is 102 cm³/mol. The second kappa shape index (κ2) is 9.13. The van der Waals surface area contributed by atoms with E-state index in [2.05, 4.69) is 4.99 Å². The van der Waals surface area contributed by atoms with Crippen LogP contribution < -0.4 is 0 Å². The van der Waals surface area contributed by atoms with Gasteiger partial charge in [-0.05, 0) is 25.0 Å². The third kappa shape index (κ3) is 5.04. The number of aliphatic hydroxyl groups excluding tert-OH is 1. The molecule has 0 unspecified atom stereocenters. The van der Waals surface area contributed by atoms with Crippen molar-refractivity contribution in [2.24, 2.45) is 4.99 Å². The molecule has 142 valence electrons. The molecule has 27 heavy (non-hydrogen) atoms. The topological polar surface area (TPSA) is 119 Å². The number of rotatable bonds is 6. The number of hydrogen-bond donors (Lipinski definition) is 1. The van der Waals surface area contributed by atoms with E-state index in [0.717, 1.165) is 11.8 Å². The number of benzene rings is 1. The lowest BCUT2D eigenvalue weighted by molar-refractivity contribution is -0.384. The van der Waals surface area contributed by atoms with Gasteiger partial charge >= 0.3 is 5.97 Å². The van der Waals surface area contributed by atoms with Crippen LogP contribution in [0.5, 0.6) is 0 Å². The third-order valence-electron chi connectivity index (χ3n) is 3.44. The van der Waals surface area contributed by atoms with Crippen LogP contribution in [0.4, 0.5) is 5.69 Å². The summed E-state index contributed by atoms with van der Waals surface area (Å²) in [6.45, 7) is 3.55. The Hall–Kier alpha value is -2.94. The van der Waals surface area contributed by atoms with Crippen molar-refractivity contribution in [1.82, 2.24) is 0 Å². The highest BCUT2D eigenvalue weighted by Gasteiger charge is 2.33. The van der Waals surface area contributed by atoms with Crippen molar-refractivity contribution < 1.29 is 24.4 Å². The van der Waals surface area contributed by atoms with E-state index in [1.807, 2.05) is 6.92 Å². The molecule has 0 spiro atoms. The number of carbonyl (C=O) groups is 2. The Kier molecular flexibility index (Phi) is 6.89. The molecule has 0 aliphatic carbocycles. The van der Waals surface area contributed by atoms with Crippen molar-refractivity contribution in [3.63, 3.8) is 0 Å². The zero-order chi connectivity index (χ0) is 20.0. The van der Waals surface area contributed by atoms with Crippen molar-refractivity contribution in [2.75, 3.05) is 6.61 Å². The number of non-ortho nitro benzene ring substituents is 1. The van der Waals surface area contributed by atoms with Crippen LogP contribution in [0.2, 0.25) is 0 Å². The van der Waals surface area contributed by atoms with Crippen LogP contribution in [0.3, 0.4) is 0 Å². The molecule has 0 bridgehead atoms.